The summed E-state index contributed by atoms with van der Waals surface area (Å²) in [6, 6.07) is -1.02. The Kier molecular flexibility index (Phi) is 4.57. The number of ketones is 1. The highest BCUT2D eigenvalue weighted by molar-refractivity contribution is 5.82. The van der Waals surface area contributed by atoms with E-state index in [1.807, 2.05) is 0 Å². The SMILES string of the molecule is N#[N+]CC(=O)CC[C@@H](N)C(=O)O. The minimum absolute atomic E-state index is 0.0253. The molecule has 0 fully saturated rings. The molecule has 0 saturated heterocycles. The van der Waals surface area contributed by atoms with E-state index in [1.54, 1.807) is 0 Å². The Morgan fingerprint density at radius 3 is 2.58 bits per heavy atom. The smallest absolute Gasteiger partial charge is 0.362 e. The van der Waals surface area contributed by atoms with E-state index < -0.39 is 12.0 Å². The summed E-state index contributed by atoms with van der Waals surface area (Å²) in [6.07, 6.45) is 0.0984. The van der Waals surface area contributed by atoms with Gasteiger partial charge in [-0.15, -0.1) is 0 Å². The molecule has 0 radical (unpaired) electrons. The summed E-state index contributed by atoms with van der Waals surface area (Å²) in [4.78, 5) is 23.4. The van der Waals surface area contributed by atoms with Crippen LogP contribution in [0.15, 0.2) is 0 Å². The first-order valence-electron chi connectivity index (χ1n) is 3.39. The van der Waals surface area contributed by atoms with Gasteiger partial charge in [0.1, 0.15) is 11.0 Å². The minimum atomic E-state index is -1.14. The average molecular weight is 172 g/mol. The molecule has 0 aliphatic rings. The molecule has 0 heterocycles. The fraction of sp³-hybridized carbons (Fsp3) is 0.667. The van der Waals surface area contributed by atoms with Crippen molar-refractivity contribution in [1.29, 1.82) is 5.39 Å². The van der Waals surface area contributed by atoms with E-state index in [4.69, 9.17) is 16.2 Å². The van der Waals surface area contributed by atoms with Gasteiger partial charge in [0.2, 0.25) is 11.2 Å². The van der Waals surface area contributed by atoms with Crippen molar-refractivity contribution in [3.05, 3.63) is 4.98 Å². The standard InChI is InChI=1S/C6H9N3O3/c7-5(6(11)12)2-1-4(10)3-9-8/h5H,1-3,7H2/p+1/t5-/m1/s1. The lowest BCUT2D eigenvalue weighted by atomic mass is 10.1. The van der Waals surface area contributed by atoms with Crippen LogP contribution in [-0.4, -0.2) is 29.4 Å². The van der Waals surface area contributed by atoms with Crippen LogP contribution in [0.2, 0.25) is 0 Å². The van der Waals surface area contributed by atoms with E-state index in [1.165, 1.54) is 0 Å². The first-order chi connectivity index (χ1) is 5.57. The van der Waals surface area contributed by atoms with E-state index >= 15 is 0 Å². The molecule has 1 atom stereocenters. The van der Waals surface area contributed by atoms with Crippen LogP contribution >= 0.6 is 0 Å². The molecule has 0 aliphatic carbocycles. The Morgan fingerprint density at radius 1 is 1.58 bits per heavy atom. The minimum Gasteiger partial charge on any atom is -0.480 e. The van der Waals surface area contributed by atoms with Crippen molar-refractivity contribution in [2.75, 3.05) is 6.54 Å². The summed E-state index contributed by atoms with van der Waals surface area (Å²) in [6.45, 7) is -0.299. The van der Waals surface area contributed by atoms with Crippen molar-refractivity contribution in [1.82, 2.24) is 0 Å². The monoisotopic (exact) mass is 172 g/mol. The molecule has 6 nitrogen and oxygen atoms in total. The van der Waals surface area contributed by atoms with Gasteiger partial charge in [-0.3, -0.25) is 9.59 Å². The third kappa shape index (κ3) is 4.35. The third-order valence-electron chi connectivity index (χ3n) is 1.30. The number of hydrogen-bond acceptors (Lipinski definition) is 4. The van der Waals surface area contributed by atoms with Crippen LogP contribution in [0.5, 0.6) is 0 Å². The van der Waals surface area contributed by atoms with Crippen LogP contribution in [0.25, 0.3) is 4.98 Å². The van der Waals surface area contributed by atoms with Crippen molar-refractivity contribution < 1.29 is 14.7 Å². The quantitative estimate of drug-likeness (QED) is 0.548. The van der Waals surface area contributed by atoms with Gasteiger partial charge < -0.3 is 10.8 Å². The first-order valence-corrected chi connectivity index (χ1v) is 3.39. The number of carboxylic acid groups (broad SMARTS) is 1. The van der Waals surface area contributed by atoms with Gasteiger partial charge in [-0.25, -0.2) is 0 Å². The predicted molar refractivity (Wildman–Crippen MR) is 39.8 cm³/mol. The summed E-state index contributed by atoms with van der Waals surface area (Å²) in [5.41, 5.74) is 5.12. The molecular weight excluding hydrogens is 162 g/mol. The maximum absolute atomic E-state index is 10.7. The maximum atomic E-state index is 10.7. The van der Waals surface area contributed by atoms with Crippen LogP contribution in [0, 0.1) is 5.39 Å². The van der Waals surface area contributed by atoms with Crippen LogP contribution in [-0.2, 0) is 9.59 Å². The second-order valence-electron chi connectivity index (χ2n) is 2.32. The number of carbonyl (C=O) groups excluding carboxylic acids is 1. The van der Waals surface area contributed by atoms with Gasteiger partial charge in [0.15, 0.2) is 0 Å². The van der Waals surface area contributed by atoms with E-state index in [9.17, 15) is 9.59 Å². The van der Waals surface area contributed by atoms with Crippen molar-refractivity contribution in [2.24, 2.45) is 5.73 Å². The molecule has 0 aromatic heterocycles. The number of Topliss-reactive ketones (excluding diaryl/α,β-unsaturated/α-hetero) is 1. The Labute approximate surface area is 69.0 Å². The van der Waals surface area contributed by atoms with Gasteiger partial charge in [0.05, 0.1) is 0 Å². The topological polar surface area (TPSA) is 109 Å². The number of rotatable bonds is 5. The fourth-order valence-corrected chi connectivity index (χ4v) is 0.598. The Hall–Kier alpha value is -1.48. The van der Waals surface area contributed by atoms with Crippen molar-refractivity contribution >= 4 is 11.8 Å². The number of carbonyl (C=O) groups is 2. The van der Waals surface area contributed by atoms with E-state index in [2.05, 4.69) is 4.98 Å². The molecule has 0 aromatic carbocycles. The highest BCUT2D eigenvalue weighted by Gasteiger charge is 2.15. The summed E-state index contributed by atoms with van der Waals surface area (Å²) < 4.78 is 0. The number of carboxylic acids is 1. The highest BCUT2D eigenvalue weighted by Crippen LogP contribution is 1.96. The zero-order valence-electron chi connectivity index (χ0n) is 6.43. The van der Waals surface area contributed by atoms with Crippen LogP contribution < -0.4 is 5.73 Å². The summed E-state index contributed by atoms with van der Waals surface area (Å²) >= 11 is 0. The zero-order chi connectivity index (χ0) is 9.56. The fourth-order valence-electron chi connectivity index (χ4n) is 0.598. The lowest BCUT2D eigenvalue weighted by Crippen LogP contribution is -2.30. The Balaban J connectivity index is 3.63. The van der Waals surface area contributed by atoms with Gasteiger partial charge in [-0.2, -0.15) is 0 Å². The largest absolute Gasteiger partial charge is 0.480 e. The normalized spacial score (nSPS) is 11.7. The molecule has 0 rings (SSSR count). The molecule has 12 heavy (non-hydrogen) atoms. The van der Waals surface area contributed by atoms with Crippen molar-refractivity contribution in [2.45, 2.75) is 18.9 Å². The van der Waals surface area contributed by atoms with Crippen molar-refractivity contribution in [3.8, 4) is 0 Å². The van der Waals surface area contributed by atoms with Crippen LogP contribution in [0.4, 0.5) is 0 Å². The number of nitrogens with two attached hydrogens (primary N) is 1. The molecule has 3 N–H and O–H groups in total. The number of diazo groups is 1. The molecule has 66 valence electrons. The molecule has 0 amide bonds. The number of nitrogens with zero attached hydrogens (tertiary/aromatic N) is 2. The third-order valence-corrected chi connectivity index (χ3v) is 1.30. The highest BCUT2D eigenvalue weighted by atomic mass is 16.4. The van der Waals surface area contributed by atoms with Gasteiger partial charge in [-0.05, 0) is 6.42 Å². The lowest BCUT2D eigenvalue weighted by Gasteiger charge is -2.01. The van der Waals surface area contributed by atoms with Gasteiger partial charge in [0.25, 0.3) is 0 Å². The summed E-state index contributed by atoms with van der Waals surface area (Å²) in [7, 11) is 0. The van der Waals surface area contributed by atoms with E-state index in [0.717, 1.165) is 0 Å². The molecule has 0 aromatic rings. The summed E-state index contributed by atoms with van der Waals surface area (Å²) in [5, 5.41) is 16.3. The van der Waals surface area contributed by atoms with Crippen molar-refractivity contribution in [3.63, 3.8) is 0 Å². The van der Waals surface area contributed by atoms with E-state index in [-0.39, 0.29) is 25.2 Å². The molecule has 0 unspecified atom stereocenters. The molecular formula is C6H10N3O3+. The summed E-state index contributed by atoms with van der Waals surface area (Å²) in [5.74, 6) is -1.46. The second kappa shape index (κ2) is 5.21. The van der Waals surface area contributed by atoms with Gasteiger partial charge in [0, 0.05) is 6.42 Å². The maximum Gasteiger partial charge on any atom is 0.362 e. The van der Waals surface area contributed by atoms with Gasteiger partial charge >= 0.3 is 12.5 Å². The molecule has 6 heteroatoms. The molecule has 0 bridgehead atoms. The molecule has 0 spiro atoms. The second-order valence-corrected chi connectivity index (χ2v) is 2.32. The lowest BCUT2D eigenvalue weighted by molar-refractivity contribution is -0.138. The molecule has 0 saturated carbocycles. The predicted octanol–water partition coefficient (Wildman–Crippen LogP) is -0.399. The first kappa shape index (κ1) is 10.5. The number of hydrogen-bond donors (Lipinski definition) is 2. The average Bonchev–Trinajstić information content (AvgIpc) is 2.00. The van der Waals surface area contributed by atoms with E-state index in [0.29, 0.717) is 0 Å². The Bertz CT molecular complexity index is 221. The van der Waals surface area contributed by atoms with Crippen LogP contribution in [0.3, 0.4) is 0 Å². The van der Waals surface area contributed by atoms with Crippen LogP contribution in [0.1, 0.15) is 12.8 Å². The Morgan fingerprint density at radius 2 is 2.17 bits per heavy atom. The van der Waals surface area contributed by atoms with Gasteiger partial charge in [-0.1, -0.05) is 0 Å². The zero-order valence-corrected chi connectivity index (χ0v) is 6.43. The molecule has 0 aliphatic heterocycles. The number of aliphatic carboxylic acids is 1.